The summed E-state index contributed by atoms with van der Waals surface area (Å²) in [4.78, 5) is 0. The Hall–Kier alpha value is -0.740. The molecule has 0 aliphatic carbocycles. The summed E-state index contributed by atoms with van der Waals surface area (Å²) < 4.78 is 22.9. The van der Waals surface area contributed by atoms with Crippen LogP contribution in [0.5, 0.6) is 0 Å². The molecule has 0 saturated carbocycles. The van der Waals surface area contributed by atoms with Crippen molar-refractivity contribution in [3.05, 3.63) is 28.8 Å². The number of halogens is 1. The molecule has 12 heavy (non-hydrogen) atoms. The van der Waals surface area contributed by atoms with E-state index in [1.807, 2.05) is 0 Å². The second-order valence-electron chi connectivity index (χ2n) is 2.33. The van der Waals surface area contributed by atoms with Gasteiger partial charge in [0.25, 0.3) is 0 Å². The van der Waals surface area contributed by atoms with Gasteiger partial charge in [-0.05, 0) is 30.7 Å². The Bertz CT molecular complexity index is 354. The van der Waals surface area contributed by atoms with Crippen molar-refractivity contribution in [3.63, 3.8) is 0 Å². The van der Waals surface area contributed by atoms with Crippen LogP contribution in [0.15, 0.2) is 18.2 Å². The van der Waals surface area contributed by atoms with E-state index < -0.39 is 10.9 Å². The van der Waals surface area contributed by atoms with E-state index in [1.165, 1.54) is 0 Å². The Balaban J connectivity index is 3.01. The molecule has 0 unspecified atom stereocenters. The molecule has 1 rings (SSSR count). The molecule has 0 atom stereocenters. The van der Waals surface area contributed by atoms with Crippen LogP contribution in [0.25, 0.3) is 0 Å². The second-order valence-corrected chi connectivity index (χ2v) is 3.50. The van der Waals surface area contributed by atoms with Crippen LogP contribution >= 0.6 is 11.6 Å². The minimum atomic E-state index is -2.60. The van der Waals surface area contributed by atoms with Gasteiger partial charge in [-0.1, -0.05) is 11.6 Å². The van der Waals surface area contributed by atoms with Gasteiger partial charge >= 0.3 is 0 Å². The lowest BCUT2D eigenvalue weighted by Gasteiger charge is -2.02. The van der Waals surface area contributed by atoms with Crippen molar-refractivity contribution in [2.75, 3.05) is 4.72 Å². The van der Waals surface area contributed by atoms with E-state index in [4.69, 9.17) is 11.6 Å². The quantitative estimate of drug-likeness (QED) is 0.721. The van der Waals surface area contributed by atoms with Crippen LogP contribution in [0.2, 0.25) is 5.02 Å². The molecule has 1 N–H and O–H groups in total. The van der Waals surface area contributed by atoms with Crippen molar-refractivity contribution in [2.24, 2.45) is 0 Å². The Morgan fingerprint density at radius 1 is 1.42 bits per heavy atom. The van der Waals surface area contributed by atoms with E-state index in [1.54, 1.807) is 25.1 Å². The molecule has 1 aromatic rings. The summed E-state index contributed by atoms with van der Waals surface area (Å²) in [5, 5.41) is 0.596. The number of rotatable bonds is 2. The van der Waals surface area contributed by atoms with Crippen LogP contribution in [0.3, 0.4) is 0 Å². The number of benzene rings is 1. The number of nitrogens with one attached hydrogen (secondary N) is 1. The van der Waals surface area contributed by atoms with Crippen molar-refractivity contribution in [1.82, 2.24) is 0 Å². The molecule has 0 bridgehead atoms. The second kappa shape index (κ2) is 3.78. The zero-order valence-corrected chi connectivity index (χ0v) is 8.02. The van der Waals surface area contributed by atoms with Gasteiger partial charge in [0.2, 0.25) is 10.9 Å². The lowest BCUT2D eigenvalue weighted by Crippen LogP contribution is -1.96. The van der Waals surface area contributed by atoms with Crippen molar-refractivity contribution >= 4 is 28.2 Å². The van der Waals surface area contributed by atoms with Gasteiger partial charge in [-0.2, -0.15) is 0 Å². The van der Waals surface area contributed by atoms with Gasteiger partial charge < -0.3 is 0 Å². The van der Waals surface area contributed by atoms with Crippen LogP contribution in [0.4, 0.5) is 5.69 Å². The first-order valence-corrected chi connectivity index (χ1v) is 4.82. The SMILES string of the molecule is Cc1cc(Cl)ccc1N[SH](=O)=O. The fourth-order valence-corrected chi connectivity index (χ4v) is 1.53. The van der Waals surface area contributed by atoms with Gasteiger partial charge in [0.15, 0.2) is 0 Å². The lowest BCUT2D eigenvalue weighted by molar-refractivity contribution is 0.619. The average Bonchev–Trinajstić information content (AvgIpc) is 1.94. The van der Waals surface area contributed by atoms with Gasteiger partial charge in [-0.3, -0.25) is 4.72 Å². The summed E-state index contributed by atoms with van der Waals surface area (Å²) in [5.74, 6) is 0. The molecular weight excluding hydrogens is 198 g/mol. The molecule has 0 radical (unpaired) electrons. The Labute approximate surface area is 77.4 Å². The Morgan fingerprint density at radius 2 is 2.08 bits per heavy atom. The highest BCUT2D eigenvalue weighted by atomic mass is 35.5. The van der Waals surface area contributed by atoms with E-state index in [9.17, 15) is 8.42 Å². The number of hydrogen-bond acceptors (Lipinski definition) is 2. The minimum absolute atomic E-state index is 0.565. The molecule has 0 spiro atoms. The smallest absolute Gasteiger partial charge is 0.222 e. The van der Waals surface area contributed by atoms with Gasteiger partial charge in [-0.15, -0.1) is 0 Å². The predicted octanol–water partition coefficient (Wildman–Crippen LogP) is 1.59. The molecule has 0 amide bonds. The number of thiol groups is 1. The largest absolute Gasteiger partial charge is 0.285 e. The van der Waals surface area contributed by atoms with Crippen molar-refractivity contribution in [1.29, 1.82) is 0 Å². The first-order chi connectivity index (χ1) is 5.59. The summed E-state index contributed by atoms with van der Waals surface area (Å²) >= 11 is 5.67. The highest BCUT2D eigenvalue weighted by Gasteiger charge is 1.97. The number of aryl methyl sites for hydroxylation is 1. The minimum Gasteiger partial charge on any atom is -0.285 e. The summed E-state index contributed by atoms with van der Waals surface area (Å²) in [6.07, 6.45) is 0. The van der Waals surface area contributed by atoms with Crippen LogP contribution in [0, 0.1) is 6.92 Å². The van der Waals surface area contributed by atoms with Crippen LogP contribution < -0.4 is 4.72 Å². The third kappa shape index (κ3) is 2.39. The van der Waals surface area contributed by atoms with Crippen molar-refractivity contribution < 1.29 is 8.42 Å². The summed E-state index contributed by atoms with van der Waals surface area (Å²) in [6.45, 7) is 1.78. The molecule has 0 aliphatic heterocycles. The average molecular weight is 206 g/mol. The predicted molar refractivity (Wildman–Crippen MR) is 50.1 cm³/mol. The molecule has 0 saturated heterocycles. The molecular formula is C7H8ClNO2S. The maximum absolute atomic E-state index is 10.3. The molecule has 1 aromatic carbocycles. The summed E-state index contributed by atoms with van der Waals surface area (Å²) in [7, 11) is -2.60. The normalized spacial score (nSPS) is 10.2. The number of anilines is 1. The highest BCUT2D eigenvalue weighted by molar-refractivity contribution is 7.73. The van der Waals surface area contributed by atoms with Crippen molar-refractivity contribution in [3.8, 4) is 0 Å². The van der Waals surface area contributed by atoms with Crippen LogP contribution in [-0.4, -0.2) is 8.42 Å². The molecule has 5 heteroatoms. The van der Waals surface area contributed by atoms with Crippen LogP contribution in [-0.2, 0) is 10.9 Å². The van der Waals surface area contributed by atoms with E-state index >= 15 is 0 Å². The monoisotopic (exact) mass is 205 g/mol. The third-order valence-corrected chi connectivity index (χ3v) is 2.06. The standard InChI is InChI=1S/C7H8ClNO2S/c1-5-4-6(8)2-3-7(5)9-12(10)11/h2-4,12H,1H3,(H,9,10,11). The van der Waals surface area contributed by atoms with E-state index in [-0.39, 0.29) is 0 Å². The first-order valence-electron chi connectivity index (χ1n) is 3.27. The van der Waals surface area contributed by atoms with E-state index in [0.717, 1.165) is 5.56 Å². The first kappa shape index (κ1) is 9.35. The maximum Gasteiger partial charge on any atom is 0.222 e. The number of hydrogen-bond donors (Lipinski definition) is 2. The third-order valence-electron chi connectivity index (χ3n) is 1.40. The lowest BCUT2D eigenvalue weighted by atomic mass is 10.2. The maximum atomic E-state index is 10.3. The zero-order valence-electron chi connectivity index (χ0n) is 6.37. The Kier molecular flexibility index (Phi) is 2.94. The molecule has 0 heterocycles. The molecule has 0 aromatic heterocycles. The van der Waals surface area contributed by atoms with Gasteiger partial charge in [0.1, 0.15) is 0 Å². The molecule has 0 fully saturated rings. The topological polar surface area (TPSA) is 46.2 Å². The molecule has 0 aliphatic rings. The fourth-order valence-electron chi connectivity index (χ4n) is 0.851. The highest BCUT2D eigenvalue weighted by Crippen LogP contribution is 2.19. The fraction of sp³-hybridized carbons (Fsp3) is 0.143. The zero-order chi connectivity index (χ0) is 9.14. The van der Waals surface area contributed by atoms with Gasteiger partial charge in [0.05, 0.1) is 5.69 Å². The van der Waals surface area contributed by atoms with Gasteiger partial charge in [0, 0.05) is 5.02 Å². The van der Waals surface area contributed by atoms with Crippen molar-refractivity contribution in [2.45, 2.75) is 6.92 Å². The summed E-state index contributed by atoms with van der Waals surface area (Å²) in [6, 6.07) is 4.96. The molecule has 3 nitrogen and oxygen atoms in total. The Morgan fingerprint density at radius 3 is 2.58 bits per heavy atom. The summed E-state index contributed by atoms with van der Waals surface area (Å²) in [5.41, 5.74) is 1.37. The van der Waals surface area contributed by atoms with E-state index in [2.05, 4.69) is 4.72 Å². The molecule has 66 valence electrons. The van der Waals surface area contributed by atoms with Gasteiger partial charge in [-0.25, -0.2) is 8.42 Å². The van der Waals surface area contributed by atoms with E-state index in [0.29, 0.717) is 10.7 Å². The van der Waals surface area contributed by atoms with Crippen LogP contribution in [0.1, 0.15) is 5.56 Å².